The van der Waals surface area contributed by atoms with Crippen molar-refractivity contribution < 1.29 is 34.1 Å². The summed E-state index contributed by atoms with van der Waals surface area (Å²) in [5.41, 5.74) is 5.22. The van der Waals surface area contributed by atoms with Gasteiger partial charge in [-0.15, -0.1) is 0 Å². The minimum Gasteiger partial charge on any atom is -0.481 e. The molecule has 0 aliphatic heterocycles. The average molecular weight is 684 g/mol. The second kappa shape index (κ2) is 17.1. The van der Waals surface area contributed by atoms with Crippen molar-refractivity contribution in [2.75, 3.05) is 7.11 Å². The molecule has 8 heteroatoms. The van der Waals surface area contributed by atoms with Gasteiger partial charge in [0.15, 0.2) is 0 Å². The van der Waals surface area contributed by atoms with E-state index in [-0.39, 0.29) is 12.5 Å². The van der Waals surface area contributed by atoms with Crippen molar-refractivity contribution in [3.05, 3.63) is 155 Å². The summed E-state index contributed by atoms with van der Waals surface area (Å²) in [6.45, 7) is 2.12. The van der Waals surface area contributed by atoms with Crippen molar-refractivity contribution in [3.63, 3.8) is 0 Å². The summed E-state index contributed by atoms with van der Waals surface area (Å²) in [5.74, 6) is -5.21. The van der Waals surface area contributed by atoms with Crippen LogP contribution in [0.4, 0.5) is 0 Å². The minimum absolute atomic E-state index is 0.181. The Morgan fingerprint density at radius 2 is 1.37 bits per heavy atom. The fraction of sp³-hybridized carbons (Fsp3) is 0.209. The van der Waals surface area contributed by atoms with E-state index in [2.05, 4.69) is 6.07 Å². The first kappa shape index (κ1) is 36.3. The van der Waals surface area contributed by atoms with Gasteiger partial charge in [-0.2, -0.15) is 0 Å². The van der Waals surface area contributed by atoms with Gasteiger partial charge in [0.1, 0.15) is 0 Å². The zero-order valence-electron chi connectivity index (χ0n) is 28.6. The highest BCUT2D eigenvalue weighted by Crippen LogP contribution is 2.31. The number of fused-ring (bicyclic) bond motifs is 1. The maximum Gasteiger partial charge on any atom is 0.337 e. The van der Waals surface area contributed by atoms with Crippen molar-refractivity contribution in [1.82, 2.24) is 4.90 Å². The van der Waals surface area contributed by atoms with Crippen LogP contribution in [0.1, 0.15) is 63.9 Å². The third-order valence-electron chi connectivity index (χ3n) is 9.19. The number of carbonyl (C=O) groups is 4. The van der Waals surface area contributed by atoms with Crippen LogP contribution in [0.5, 0.6) is 0 Å². The van der Waals surface area contributed by atoms with Crippen molar-refractivity contribution in [1.29, 1.82) is 0 Å². The Morgan fingerprint density at radius 3 is 2.06 bits per heavy atom. The van der Waals surface area contributed by atoms with Crippen molar-refractivity contribution in [2.45, 2.75) is 44.7 Å². The van der Waals surface area contributed by atoms with Crippen LogP contribution in [0.25, 0.3) is 22.9 Å². The first-order valence-electron chi connectivity index (χ1n) is 16.8. The lowest BCUT2D eigenvalue weighted by molar-refractivity contribution is -0.151. The van der Waals surface area contributed by atoms with Crippen molar-refractivity contribution in [3.8, 4) is 0 Å². The van der Waals surface area contributed by atoms with Gasteiger partial charge in [0, 0.05) is 24.9 Å². The molecular weight excluding hydrogens is 642 g/mol. The number of methoxy groups -OCH3 is 1. The molecular formula is C43H41NO7. The molecule has 0 unspecified atom stereocenters. The van der Waals surface area contributed by atoms with Crippen LogP contribution in [0.15, 0.2) is 121 Å². The molecule has 2 N–H and O–H groups in total. The quantitative estimate of drug-likeness (QED) is 0.0845. The maximum atomic E-state index is 14.2. The molecule has 0 heterocycles. The normalized spacial score (nSPS) is 13.0. The molecule has 5 aromatic rings. The molecule has 1 amide bonds. The lowest BCUT2D eigenvalue weighted by Gasteiger charge is -2.36. The second-order valence-corrected chi connectivity index (χ2v) is 12.7. The fourth-order valence-corrected chi connectivity index (χ4v) is 6.38. The van der Waals surface area contributed by atoms with Crippen LogP contribution in [0, 0.1) is 5.92 Å². The fourth-order valence-electron chi connectivity index (χ4n) is 6.38. The molecule has 260 valence electrons. The number of carbonyl (C=O) groups excluding carboxylic acids is 2. The summed E-state index contributed by atoms with van der Waals surface area (Å²) < 4.78 is 4.91. The molecule has 0 aliphatic carbocycles. The Bertz CT molecular complexity index is 2020. The zero-order chi connectivity index (χ0) is 36.3. The van der Waals surface area contributed by atoms with E-state index in [1.165, 1.54) is 7.11 Å². The van der Waals surface area contributed by atoms with E-state index in [0.717, 1.165) is 38.6 Å². The summed E-state index contributed by atoms with van der Waals surface area (Å²) in [6, 6.07) is 38.6. The molecule has 5 rings (SSSR count). The standard InChI is InChI=1S/C43H41NO7/c1-29(44(40(45)26-38(42(48)49)27-41(46)47)28-33-17-18-34-13-6-7-14-37(34)24-33)39(35-19-21-36(22-20-35)43(50)51-2)25-32-12-8-11-31(23-32)16-15-30-9-4-3-5-10-30/h3-24,29,38-39H,25-28H2,1-2H3,(H,46,47)(H,48,49)/b16-15+/t29-,38-,39+/m1/s1. The predicted octanol–water partition coefficient (Wildman–Crippen LogP) is 8.11. The third-order valence-corrected chi connectivity index (χ3v) is 9.19. The van der Waals surface area contributed by atoms with Gasteiger partial charge in [0.05, 0.1) is 25.0 Å². The number of amides is 1. The number of benzene rings is 5. The summed E-state index contributed by atoms with van der Waals surface area (Å²) in [7, 11) is 1.32. The highest BCUT2D eigenvalue weighted by molar-refractivity contribution is 5.89. The van der Waals surface area contributed by atoms with Crippen LogP contribution >= 0.6 is 0 Å². The average Bonchev–Trinajstić information content (AvgIpc) is 3.14. The molecule has 0 bridgehead atoms. The van der Waals surface area contributed by atoms with E-state index in [4.69, 9.17) is 4.74 Å². The lowest BCUT2D eigenvalue weighted by Crippen LogP contribution is -2.43. The van der Waals surface area contributed by atoms with Gasteiger partial charge in [-0.05, 0) is 70.1 Å². The molecule has 3 atom stereocenters. The number of hydrogen-bond acceptors (Lipinski definition) is 5. The predicted molar refractivity (Wildman–Crippen MR) is 198 cm³/mol. The van der Waals surface area contributed by atoms with E-state index >= 15 is 0 Å². The van der Waals surface area contributed by atoms with Crippen LogP contribution < -0.4 is 0 Å². The smallest absolute Gasteiger partial charge is 0.337 e. The molecule has 0 saturated carbocycles. The van der Waals surface area contributed by atoms with Gasteiger partial charge in [-0.3, -0.25) is 14.4 Å². The molecule has 0 fully saturated rings. The number of hydrogen-bond donors (Lipinski definition) is 2. The monoisotopic (exact) mass is 683 g/mol. The van der Waals surface area contributed by atoms with Crippen LogP contribution in [0.2, 0.25) is 0 Å². The second-order valence-electron chi connectivity index (χ2n) is 12.7. The molecule has 0 aliphatic rings. The van der Waals surface area contributed by atoms with Crippen LogP contribution in [-0.2, 0) is 32.1 Å². The summed E-state index contributed by atoms with van der Waals surface area (Å²) in [5, 5.41) is 21.3. The number of rotatable bonds is 15. The number of esters is 1. The topological polar surface area (TPSA) is 121 Å². The molecule has 0 spiro atoms. The Hall–Kier alpha value is -6.02. The summed E-state index contributed by atoms with van der Waals surface area (Å²) in [6.07, 6.45) is 3.48. The van der Waals surface area contributed by atoms with E-state index in [0.29, 0.717) is 12.0 Å². The van der Waals surface area contributed by atoms with E-state index in [1.807, 2.05) is 122 Å². The molecule has 0 radical (unpaired) electrons. The largest absolute Gasteiger partial charge is 0.481 e. The van der Waals surface area contributed by atoms with Gasteiger partial charge in [-0.1, -0.05) is 115 Å². The number of aliphatic carboxylic acids is 2. The molecule has 0 saturated heterocycles. The summed E-state index contributed by atoms with van der Waals surface area (Å²) in [4.78, 5) is 51.7. The number of ether oxygens (including phenoxy) is 1. The SMILES string of the molecule is COC(=O)c1ccc([C@@H](Cc2cccc(/C=C/c3ccccc3)c2)[C@@H](C)N(Cc2ccc3ccccc3c2)C(=O)C[C@H](CC(=O)O)C(=O)O)cc1. The van der Waals surface area contributed by atoms with Gasteiger partial charge in [-0.25, -0.2) is 4.79 Å². The Labute approximate surface area is 297 Å². The Kier molecular flexibility index (Phi) is 12.1. The lowest BCUT2D eigenvalue weighted by atomic mass is 9.84. The van der Waals surface area contributed by atoms with Crippen molar-refractivity contribution >= 4 is 46.7 Å². The van der Waals surface area contributed by atoms with Crippen LogP contribution in [-0.4, -0.2) is 52.1 Å². The van der Waals surface area contributed by atoms with E-state index in [1.54, 1.807) is 17.0 Å². The molecule has 5 aromatic carbocycles. The Balaban J connectivity index is 1.53. The minimum atomic E-state index is -1.38. The first-order chi connectivity index (χ1) is 24.6. The number of carboxylic acids is 2. The number of nitrogens with zero attached hydrogens (tertiary/aromatic N) is 1. The van der Waals surface area contributed by atoms with E-state index < -0.39 is 48.6 Å². The highest BCUT2D eigenvalue weighted by Gasteiger charge is 2.33. The molecule has 51 heavy (non-hydrogen) atoms. The van der Waals surface area contributed by atoms with Gasteiger partial charge >= 0.3 is 17.9 Å². The van der Waals surface area contributed by atoms with Gasteiger partial charge < -0.3 is 19.8 Å². The first-order valence-corrected chi connectivity index (χ1v) is 16.8. The van der Waals surface area contributed by atoms with Gasteiger partial charge in [0.25, 0.3) is 0 Å². The summed E-state index contributed by atoms with van der Waals surface area (Å²) >= 11 is 0. The van der Waals surface area contributed by atoms with E-state index in [9.17, 15) is 29.4 Å². The molecule has 8 nitrogen and oxygen atoms in total. The maximum absolute atomic E-state index is 14.2. The Morgan fingerprint density at radius 1 is 0.706 bits per heavy atom. The number of carboxylic acid groups (broad SMARTS) is 2. The van der Waals surface area contributed by atoms with Crippen LogP contribution in [0.3, 0.4) is 0 Å². The van der Waals surface area contributed by atoms with Crippen molar-refractivity contribution in [2.24, 2.45) is 5.92 Å². The highest BCUT2D eigenvalue weighted by atomic mass is 16.5. The third kappa shape index (κ3) is 9.79. The zero-order valence-corrected chi connectivity index (χ0v) is 28.6. The van der Waals surface area contributed by atoms with Gasteiger partial charge in [0.2, 0.25) is 5.91 Å². The molecule has 0 aromatic heterocycles.